The Kier molecular flexibility index (Phi) is 10.7. The Bertz CT molecular complexity index is 643. The molecule has 0 bridgehead atoms. The molecule has 3 rings (SSSR count). The van der Waals surface area contributed by atoms with Crippen molar-refractivity contribution in [2.75, 3.05) is 53.0 Å². The molecule has 0 aromatic heterocycles. The lowest BCUT2D eigenvalue weighted by Crippen LogP contribution is -2.40. The monoisotopic (exact) mass is 516 g/mol. The summed E-state index contributed by atoms with van der Waals surface area (Å²) in [6, 6.07) is 8.84. The van der Waals surface area contributed by atoms with Gasteiger partial charge in [0, 0.05) is 52.3 Å². The molecule has 1 aromatic carbocycles. The van der Waals surface area contributed by atoms with Gasteiger partial charge in [-0.2, -0.15) is 0 Å². The summed E-state index contributed by atoms with van der Waals surface area (Å²) in [5, 5.41) is 3.46. The Morgan fingerprint density at radius 1 is 1.28 bits per heavy atom. The van der Waals surface area contributed by atoms with E-state index in [1.807, 2.05) is 0 Å². The molecule has 0 radical (unpaired) electrons. The Morgan fingerprint density at radius 3 is 2.86 bits per heavy atom. The Balaban J connectivity index is 0.00000300. The van der Waals surface area contributed by atoms with E-state index in [1.165, 1.54) is 17.5 Å². The van der Waals surface area contributed by atoms with Crippen LogP contribution < -0.4 is 5.32 Å². The molecule has 0 amide bonds. The zero-order chi connectivity index (χ0) is 19.8. The van der Waals surface area contributed by atoms with Gasteiger partial charge in [-0.3, -0.25) is 4.90 Å². The number of rotatable bonds is 7. The molecule has 2 unspecified atom stereocenters. The molecular weight excluding hydrogens is 479 g/mol. The van der Waals surface area contributed by atoms with Gasteiger partial charge in [0.25, 0.3) is 0 Å². The average molecular weight is 516 g/mol. The molecule has 0 aliphatic carbocycles. The third-order valence-corrected chi connectivity index (χ3v) is 5.46. The Hall–Kier alpha value is -0.900. The lowest BCUT2D eigenvalue weighted by molar-refractivity contribution is -0.0212. The fourth-order valence-corrected chi connectivity index (χ4v) is 4.11. The van der Waals surface area contributed by atoms with Crippen LogP contribution in [-0.2, 0) is 22.6 Å². The number of likely N-dealkylation sites (tertiary alicyclic amines) is 1. The van der Waals surface area contributed by atoms with E-state index in [2.05, 4.69) is 53.2 Å². The van der Waals surface area contributed by atoms with Crippen LogP contribution in [0.2, 0.25) is 0 Å². The first-order valence-electron chi connectivity index (χ1n) is 10.6. The maximum absolute atomic E-state index is 5.65. The van der Waals surface area contributed by atoms with Crippen LogP contribution in [0.5, 0.6) is 0 Å². The molecule has 29 heavy (non-hydrogen) atoms. The van der Waals surface area contributed by atoms with Crippen molar-refractivity contribution in [1.82, 2.24) is 15.1 Å². The SMILES string of the molecule is CCNC(=NCc1cccc(CN2CCOC(C)C2)c1)N1CCC(COC)C1.I. The molecule has 2 aliphatic rings. The van der Waals surface area contributed by atoms with Gasteiger partial charge >= 0.3 is 0 Å². The van der Waals surface area contributed by atoms with Crippen molar-refractivity contribution in [3.8, 4) is 0 Å². The number of nitrogens with one attached hydrogen (secondary N) is 1. The summed E-state index contributed by atoms with van der Waals surface area (Å²) in [6.45, 7) is 12.6. The second-order valence-electron chi connectivity index (χ2n) is 7.96. The fourth-order valence-electron chi connectivity index (χ4n) is 4.11. The Labute approximate surface area is 193 Å². The van der Waals surface area contributed by atoms with Crippen molar-refractivity contribution in [1.29, 1.82) is 0 Å². The van der Waals surface area contributed by atoms with Crippen LogP contribution in [0.3, 0.4) is 0 Å². The van der Waals surface area contributed by atoms with Crippen molar-refractivity contribution in [2.24, 2.45) is 10.9 Å². The van der Waals surface area contributed by atoms with E-state index in [4.69, 9.17) is 14.5 Å². The van der Waals surface area contributed by atoms with Crippen LogP contribution in [0.15, 0.2) is 29.3 Å². The normalized spacial score (nSPS) is 23.1. The molecule has 164 valence electrons. The third kappa shape index (κ3) is 7.70. The molecule has 2 heterocycles. The van der Waals surface area contributed by atoms with Crippen LogP contribution in [-0.4, -0.2) is 74.9 Å². The molecule has 2 aliphatic heterocycles. The fraction of sp³-hybridized carbons (Fsp3) is 0.682. The summed E-state index contributed by atoms with van der Waals surface area (Å²) in [7, 11) is 1.78. The molecule has 2 fully saturated rings. The average Bonchev–Trinajstić information content (AvgIpc) is 3.14. The zero-order valence-electron chi connectivity index (χ0n) is 18.1. The summed E-state index contributed by atoms with van der Waals surface area (Å²) in [5.41, 5.74) is 2.62. The number of halogens is 1. The first-order chi connectivity index (χ1) is 13.7. The predicted molar refractivity (Wildman–Crippen MR) is 129 cm³/mol. The largest absolute Gasteiger partial charge is 0.384 e. The molecule has 7 heteroatoms. The minimum Gasteiger partial charge on any atom is -0.384 e. The number of methoxy groups -OCH3 is 1. The van der Waals surface area contributed by atoms with Crippen molar-refractivity contribution in [3.05, 3.63) is 35.4 Å². The standard InChI is InChI=1S/C22H36N4O2.HI/c1-4-23-22(26-9-8-21(16-26)17-27-3)24-13-19-6-5-7-20(12-19)15-25-10-11-28-18(2)14-25;/h5-7,12,18,21H,4,8-11,13-17H2,1-3H3,(H,23,24);1H. The number of benzene rings is 1. The summed E-state index contributed by atoms with van der Waals surface area (Å²) < 4.78 is 11.0. The van der Waals surface area contributed by atoms with E-state index >= 15 is 0 Å². The highest BCUT2D eigenvalue weighted by molar-refractivity contribution is 14.0. The molecule has 1 N–H and O–H groups in total. The summed E-state index contributed by atoms with van der Waals surface area (Å²) >= 11 is 0. The molecule has 1 aromatic rings. The van der Waals surface area contributed by atoms with E-state index in [9.17, 15) is 0 Å². The smallest absolute Gasteiger partial charge is 0.194 e. The van der Waals surface area contributed by atoms with Crippen molar-refractivity contribution < 1.29 is 9.47 Å². The lowest BCUT2D eigenvalue weighted by Gasteiger charge is -2.31. The topological polar surface area (TPSA) is 49.3 Å². The second-order valence-corrected chi connectivity index (χ2v) is 7.96. The molecule has 0 spiro atoms. The minimum atomic E-state index is 0. The number of nitrogens with zero attached hydrogens (tertiary/aromatic N) is 3. The van der Waals surface area contributed by atoms with Crippen LogP contribution in [0, 0.1) is 5.92 Å². The molecule has 0 saturated carbocycles. The number of hydrogen-bond acceptors (Lipinski definition) is 4. The van der Waals surface area contributed by atoms with E-state index < -0.39 is 0 Å². The number of guanidine groups is 1. The van der Waals surface area contributed by atoms with E-state index in [0.717, 1.165) is 58.4 Å². The summed E-state index contributed by atoms with van der Waals surface area (Å²) in [5.74, 6) is 1.63. The first kappa shape index (κ1) is 24.4. The number of hydrogen-bond donors (Lipinski definition) is 1. The van der Waals surface area contributed by atoms with Gasteiger partial charge in [-0.15, -0.1) is 24.0 Å². The minimum absolute atomic E-state index is 0. The van der Waals surface area contributed by atoms with Gasteiger partial charge < -0.3 is 19.7 Å². The van der Waals surface area contributed by atoms with E-state index in [0.29, 0.717) is 18.6 Å². The highest BCUT2D eigenvalue weighted by Crippen LogP contribution is 2.17. The van der Waals surface area contributed by atoms with E-state index in [-0.39, 0.29) is 24.0 Å². The number of aliphatic imine (C=N–C) groups is 1. The van der Waals surface area contributed by atoms with Gasteiger partial charge in [0.2, 0.25) is 0 Å². The quantitative estimate of drug-likeness (QED) is 0.343. The molecule has 2 atom stereocenters. The maximum Gasteiger partial charge on any atom is 0.194 e. The molecule has 6 nitrogen and oxygen atoms in total. The molecular formula is C22H37IN4O2. The Morgan fingerprint density at radius 2 is 2.10 bits per heavy atom. The van der Waals surface area contributed by atoms with Crippen molar-refractivity contribution in [2.45, 2.75) is 39.5 Å². The van der Waals surface area contributed by atoms with Gasteiger partial charge in [0.1, 0.15) is 0 Å². The maximum atomic E-state index is 5.65. The first-order valence-corrected chi connectivity index (χ1v) is 10.6. The lowest BCUT2D eigenvalue weighted by atomic mass is 10.1. The van der Waals surface area contributed by atoms with Gasteiger partial charge in [0.05, 0.1) is 25.9 Å². The van der Waals surface area contributed by atoms with Gasteiger partial charge in [-0.1, -0.05) is 24.3 Å². The number of ether oxygens (including phenoxy) is 2. The predicted octanol–water partition coefficient (Wildman–Crippen LogP) is 2.96. The molecule has 2 saturated heterocycles. The van der Waals surface area contributed by atoms with Crippen molar-refractivity contribution >= 4 is 29.9 Å². The third-order valence-electron chi connectivity index (χ3n) is 5.46. The van der Waals surface area contributed by atoms with Gasteiger partial charge in [0.15, 0.2) is 5.96 Å². The highest BCUT2D eigenvalue weighted by Gasteiger charge is 2.24. The summed E-state index contributed by atoms with van der Waals surface area (Å²) in [6.07, 6.45) is 1.50. The zero-order valence-corrected chi connectivity index (χ0v) is 20.4. The number of morpholine rings is 1. The van der Waals surface area contributed by atoms with Gasteiger partial charge in [-0.25, -0.2) is 4.99 Å². The van der Waals surface area contributed by atoms with Crippen LogP contribution >= 0.6 is 24.0 Å². The van der Waals surface area contributed by atoms with Crippen molar-refractivity contribution in [3.63, 3.8) is 0 Å². The van der Waals surface area contributed by atoms with Crippen LogP contribution in [0.25, 0.3) is 0 Å². The highest BCUT2D eigenvalue weighted by atomic mass is 127. The second kappa shape index (κ2) is 12.7. The van der Waals surface area contributed by atoms with Crippen LogP contribution in [0.4, 0.5) is 0 Å². The van der Waals surface area contributed by atoms with Gasteiger partial charge in [-0.05, 0) is 31.4 Å². The van der Waals surface area contributed by atoms with E-state index in [1.54, 1.807) is 7.11 Å². The van der Waals surface area contributed by atoms with Crippen LogP contribution in [0.1, 0.15) is 31.4 Å². The summed E-state index contributed by atoms with van der Waals surface area (Å²) in [4.78, 5) is 9.76.